The average molecular weight is 588 g/mol. The van der Waals surface area contributed by atoms with E-state index in [4.69, 9.17) is 16.3 Å². The first-order valence-electron chi connectivity index (χ1n) is 12.9. The fourth-order valence-electron chi connectivity index (χ4n) is 4.50. The second-order valence-corrected chi connectivity index (χ2v) is 10.8. The summed E-state index contributed by atoms with van der Waals surface area (Å²) in [5.41, 5.74) is 4.52. The van der Waals surface area contributed by atoms with Crippen molar-refractivity contribution in [2.24, 2.45) is 0 Å². The molecule has 4 aromatic rings. The molecule has 0 atom stereocenters. The van der Waals surface area contributed by atoms with Gasteiger partial charge in [-0.2, -0.15) is 0 Å². The van der Waals surface area contributed by atoms with Crippen LogP contribution in [0.4, 0.5) is 10.5 Å². The Kier molecular flexibility index (Phi) is 8.28. The summed E-state index contributed by atoms with van der Waals surface area (Å²) in [6.45, 7) is 4.06. The number of amides is 3. The number of esters is 1. The molecule has 208 valence electrons. The number of fused-ring (bicyclic) bond motifs is 1. The van der Waals surface area contributed by atoms with Gasteiger partial charge in [0.05, 0.1) is 22.1 Å². The lowest BCUT2D eigenvalue weighted by atomic mass is 10.1. The Labute approximate surface area is 245 Å². The second kappa shape index (κ2) is 12.0. The van der Waals surface area contributed by atoms with Crippen LogP contribution in [0.15, 0.2) is 77.8 Å². The van der Waals surface area contributed by atoms with Gasteiger partial charge in [0.1, 0.15) is 6.54 Å². The molecule has 0 aliphatic carbocycles. The monoisotopic (exact) mass is 587 g/mol. The minimum Gasteiger partial charge on any atom is -0.462 e. The Hall–Kier alpha value is -4.34. The van der Waals surface area contributed by atoms with Crippen LogP contribution in [-0.4, -0.2) is 45.6 Å². The number of para-hydroxylation sites is 1. The van der Waals surface area contributed by atoms with E-state index in [0.717, 1.165) is 38.7 Å². The van der Waals surface area contributed by atoms with E-state index in [1.807, 2.05) is 37.4 Å². The molecule has 1 aromatic heterocycles. The van der Waals surface area contributed by atoms with Crippen LogP contribution in [0.1, 0.15) is 34.0 Å². The maximum atomic E-state index is 13.2. The van der Waals surface area contributed by atoms with E-state index in [1.54, 1.807) is 13.0 Å². The highest BCUT2D eigenvalue weighted by Crippen LogP contribution is 2.34. The Morgan fingerprint density at radius 3 is 2.56 bits per heavy atom. The molecule has 5 rings (SSSR count). The number of rotatable bonds is 8. The number of hydrogen-bond donors (Lipinski definition) is 1. The van der Waals surface area contributed by atoms with Crippen molar-refractivity contribution >= 4 is 69.1 Å². The minimum atomic E-state index is -0.620. The van der Waals surface area contributed by atoms with E-state index in [0.29, 0.717) is 6.54 Å². The standard InChI is InChI=1S/C31H26ClN3O5S/c1-3-40-30(38)24-15-22(12-13-25(24)32)33-28(36)18-35-29(37)27(41-31(35)39)14-21-17-34(26-7-5-4-6-23(21)26)16-20-10-8-19(2)9-11-20/h4-15,17H,3,16,18H2,1-2H3,(H,33,36)/b27-14-. The van der Waals surface area contributed by atoms with Gasteiger partial charge in [-0.25, -0.2) is 4.79 Å². The number of anilines is 1. The van der Waals surface area contributed by atoms with Gasteiger partial charge in [-0.05, 0) is 61.5 Å². The lowest BCUT2D eigenvalue weighted by molar-refractivity contribution is -0.127. The van der Waals surface area contributed by atoms with Crippen LogP contribution < -0.4 is 5.32 Å². The normalized spacial score (nSPS) is 14.2. The summed E-state index contributed by atoms with van der Waals surface area (Å²) in [4.78, 5) is 51.9. The topological polar surface area (TPSA) is 97.7 Å². The Balaban J connectivity index is 1.33. The molecule has 3 amide bonds. The zero-order valence-electron chi connectivity index (χ0n) is 22.3. The van der Waals surface area contributed by atoms with Crippen LogP contribution in [0.2, 0.25) is 5.02 Å². The van der Waals surface area contributed by atoms with Gasteiger partial charge in [0.2, 0.25) is 5.91 Å². The SMILES string of the molecule is CCOC(=O)c1cc(NC(=O)CN2C(=O)S/C(=C\c3cn(Cc4ccc(C)cc4)c4ccccc34)C2=O)ccc1Cl. The van der Waals surface area contributed by atoms with Crippen molar-refractivity contribution in [1.29, 1.82) is 0 Å². The van der Waals surface area contributed by atoms with E-state index < -0.39 is 29.6 Å². The number of carbonyl (C=O) groups excluding carboxylic acids is 4. The highest BCUT2D eigenvalue weighted by molar-refractivity contribution is 8.18. The molecular formula is C31H26ClN3O5S. The average Bonchev–Trinajstić information content (AvgIpc) is 3.42. The molecule has 1 aliphatic rings. The molecule has 0 radical (unpaired) electrons. The molecule has 2 heterocycles. The summed E-state index contributed by atoms with van der Waals surface area (Å²) in [5.74, 6) is -1.76. The molecule has 0 spiro atoms. The largest absolute Gasteiger partial charge is 0.462 e. The van der Waals surface area contributed by atoms with Crippen molar-refractivity contribution in [3.8, 4) is 0 Å². The molecule has 41 heavy (non-hydrogen) atoms. The van der Waals surface area contributed by atoms with Crippen LogP contribution in [-0.2, 0) is 20.9 Å². The number of nitrogens with zero attached hydrogens (tertiary/aromatic N) is 2. The summed E-state index contributed by atoms with van der Waals surface area (Å²) in [5, 5.41) is 3.20. The van der Waals surface area contributed by atoms with Crippen molar-refractivity contribution in [2.75, 3.05) is 18.5 Å². The van der Waals surface area contributed by atoms with Crippen molar-refractivity contribution < 1.29 is 23.9 Å². The molecule has 0 saturated carbocycles. The first-order chi connectivity index (χ1) is 19.7. The highest BCUT2D eigenvalue weighted by Gasteiger charge is 2.36. The predicted octanol–water partition coefficient (Wildman–Crippen LogP) is 6.50. The molecule has 0 unspecified atom stereocenters. The lowest BCUT2D eigenvalue weighted by Crippen LogP contribution is -2.36. The van der Waals surface area contributed by atoms with Crippen molar-refractivity contribution in [3.63, 3.8) is 0 Å². The smallest absolute Gasteiger partial charge is 0.339 e. The first-order valence-corrected chi connectivity index (χ1v) is 14.1. The van der Waals surface area contributed by atoms with E-state index >= 15 is 0 Å². The first kappa shape index (κ1) is 28.2. The number of aromatic nitrogens is 1. The van der Waals surface area contributed by atoms with Gasteiger partial charge in [-0.3, -0.25) is 19.3 Å². The fraction of sp³-hybridized carbons (Fsp3) is 0.161. The Morgan fingerprint density at radius 2 is 1.80 bits per heavy atom. The molecular weight excluding hydrogens is 562 g/mol. The number of benzene rings is 3. The fourth-order valence-corrected chi connectivity index (χ4v) is 5.53. The van der Waals surface area contributed by atoms with Gasteiger partial charge in [0, 0.05) is 34.9 Å². The summed E-state index contributed by atoms with van der Waals surface area (Å²) in [6, 6.07) is 20.5. The van der Waals surface area contributed by atoms with Crippen LogP contribution >= 0.6 is 23.4 Å². The number of hydrogen-bond acceptors (Lipinski definition) is 6. The molecule has 0 bridgehead atoms. The van der Waals surface area contributed by atoms with E-state index in [2.05, 4.69) is 34.1 Å². The van der Waals surface area contributed by atoms with E-state index in [9.17, 15) is 19.2 Å². The molecule has 1 aliphatic heterocycles. The number of carbonyl (C=O) groups is 4. The minimum absolute atomic E-state index is 0.0990. The zero-order chi connectivity index (χ0) is 29.1. The summed E-state index contributed by atoms with van der Waals surface area (Å²) < 4.78 is 7.09. The highest BCUT2D eigenvalue weighted by atomic mass is 35.5. The van der Waals surface area contributed by atoms with Gasteiger partial charge in [-0.15, -0.1) is 0 Å². The number of imide groups is 1. The number of thioether (sulfide) groups is 1. The van der Waals surface area contributed by atoms with E-state index in [-0.39, 0.29) is 27.8 Å². The number of nitrogens with one attached hydrogen (secondary N) is 1. The van der Waals surface area contributed by atoms with Gasteiger partial charge in [0.15, 0.2) is 0 Å². The van der Waals surface area contributed by atoms with Gasteiger partial charge in [0.25, 0.3) is 11.1 Å². The van der Waals surface area contributed by atoms with Crippen molar-refractivity contribution in [2.45, 2.75) is 20.4 Å². The lowest BCUT2D eigenvalue weighted by Gasteiger charge is -2.13. The van der Waals surface area contributed by atoms with E-state index in [1.165, 1.54) is 23.8 Å². The second-order valence-electron chi connectivity index (χ2n) is 9.45. The molecule has 1 saturated heterocycles. The molecule has 1 N–H and O–H groups in total. The molecule has 1 fully saturated rings. The van der Waals surface area contributed by atoms with Crippen molar-refractivity contribution in [3.05, 3.63) is 105 Å². The maximum Gasteiger partial charge on any atom is 0.339 e. The number of aryl methyl sites for hydroxylation is 1. The maximum absolute atomic E-state index is 13.2. The summed E-state index contributed by atoms with van der Waals surface area (Å²) in [7, 11) is 0. The third-order valence-electron chi connectivity index (χ3n) is 6.50. The van der Waals surface area contributed by atoms with Crippen LogP contribution in [0.3, 0.4) is 0 Å². The molecule has 3 aromatic carbocycles. The third kappa shape index (κ3) is 6.21. The van der Waals surface area contributed by atoms with Gasteiger partial charge < -0.3 is 14.6 Å². The Bertz CT molecular complexity index is 1710. The predicted molar refractivity (Wildman–Crippen MR) is 161 cm³/mol. The third-order valence-corrected chi connectivity index (χ3v) is 7.74. The number of halogens is 1. The molecule has 8 nitrogen and oxygen atoms in total. The van der Waals surface area contributed by atoms with Crippen LogP contribution in [0, 0.1) is 6.92 Å². The van der Waals surface area contributed by atoms with Crippen molar-refractivity contribution in [1.82, 2.24) is 9.47 Å². The van der Waals surface area contributed by atoms with Gasteiger partial charge in [-0.1, -0.05) is 59.6 Å². The van der Waals surface area contributed by atoms with Crippen LogP contribution in [0.25, 0.3) is 17.0 Å². The quantitative estimate of drug-likeness (QED) is 0.187. The summed E-state index contributed by atoms with van der Waals surface area (Å²) >= 11 is 6.88. The number of ether oxygens (including phenoxy) is 1. The zero-order valence-corrected chi connectivity index (χ0v) is 23.9. The Morgan fingerprint density at radius 1 is 1.05 bits per heavy atom. The molecule has 10 heteroatoms. The van der Waals surface area contributed by atoms with Gasteiger partial charge >= 0.3 is 5.97 Å². The summed E-state index contributed by atoms with van der Waals surface area (Å²) in [6.07, 6.45) is 3.66. The van der Waals surface area contributed by atoms with Crippen LogP contribution in [0.5, 0.6) is 0 Å².